The Morgan fingerprint density at radius 2 is 1.96 bits per heavy atom. The van der Waals surface area contributed by atoms with Gasteiger partial charge in [0.25, 0.3) is 0 Å². The van der Waals surface area contributed by atoms with E-state index < -0.39 is 0 Å². The van der Waals surface area contributed by atoms with Gasteiger partial charge < -0.3 is 10.5 Å². The molecule has 0 aliphatic rings. The summed E-state index contributed by atoms with van der Waals surface area (Å²) in [6.07, 6.45) is 0. The van der Waals surface area contributed by atoms with E-state index in [1.165, 1.54) is 0 Å². The number of methoxy groups -OCH3 is 1. The van der Waals surface area contributed by atoms with Crippen LogP contribution in [0.5, 0.6) is 5.75 Å². The Morgan fingerprint density at radius 3 is 2.65 bits per heavy atom. The number of nitrogens with two attached hydrogens (primary N) is 1. The zero-order valence-corrected chi connectivity index (χ0v) is 13.8. The van der Waals surface area contributed by atoms with E-state index in [4.69, 9.17) is 22.1 Å². The molecule has 0 aliphatic carbocycles. The number of para-hydroxylation sites is 1. The van der Waals surface area contributed by atoms with Crippen molar-refractivity contribution in [3.8, 4) is 22.7 Å². The zero-order valence-electron chi connectivity index (χ0n) is 13.1. The maximum atomic E-state index is 6.07. The summed E-state index contributed by atoms with van der Waals surface area (Å²) in [5.74, 6) is 0.795. The fourth-order valence-corrected chi connectivity index (χ4v) is 2.84. The van der Waals surface area contributed by atoms with Crippen molar-refractivity contribution in [1.29, 1.82) is 0 Å². The van der Waals surface area contributed by atoms with Crippen molar-refractivity contribution in [1.82, 2.24) is 9.78 Å². The first-order valence-electron chi connectivity index (χ1n) is 7.33. The van der Waals surface area contributed by atoms with Crippen molar-refractivity contribution >= 4 is 11.6 Å². The lowest BCUT2D eigenvalue weighted by Crippen LogP contribution is -2.04. The topological polar surface area (TPSA) is 53.1 Å². The number of nitrogens with zero attached hydrogens (tertiary/aromatic N) is 2. The second-order valence-electron chi connectivity index (χ2n) is 5.27. The molecular weight excluding hydrogens is 310 g/mol. The highest BCUT2D eigenvalue weighted by atomic mass is 35.5. The molecule has 2 N–H and O–H groups in total. The number of hydrogen-bond acceptors (Lipinski definition) is 3. The van der Waals surface area contributed by atoms with Gasteiger partial charge in [-0.2, -0.15) is 5.10 Å². The van der Waals surface area contributed by atoms with E-state index in [1.54, 1.807) is 7.11 Å². The predicted octanol–water partition coefficient (Wildman–Crippen LogP) is 3.97. The Bertz CT molecular complexity index is 842. The Balaban J connectivity index is 2.24. The van der Waals surface area contributed by atoms with E-state index >= 15 is 0 Å². The van der Waals surface area contributed by atoms with Gasteiger partial charge in [-0.1, -0.05) is 23.7 Å². The molecule has 0 spiro atoms. The number of aromatic nitrogens is 2. The third-order valence-corrected chi connectivity index (χ3v) is 3.97. The lowest BCUT2D eigenvalue weighted by Gasteiger charge is -2.13. The van der Waals surface area contributed by atoms with Crippen LogP contribution in [0.4, 0.5) is 0 Å². The fraction of sp³-hybridized carbons (Fsp3) is 0.167. The van der Waals surface area contributed by atoms with E-state index in [-0.39, 0.29) is 0 Å². The van der Waals surface area contributed by atoms with Crippen molar-refractivity contribution in [2.45, 2.75) is 13.5 Å². The van der Waals surface area contributed by atoms with Crippen LogP contribution >= 0.6 is 11.6 Å². The molecular formula is C18H18ClN3O. The summed E-state index contributed by atoms with van der Waals surface area (Å²) in [5.41, 5.74) is 10.5. The summed E-state index contributed by atoms with van der Waals surface area (Å²) < 4.78 is 7.38. The minimum Gasteiger partial charge on any atom is -0.496 e. The molecule has 118 valence electrons. The average Bonchev–Trinajstić information content (AvgIpc) is 2.98. The smallest absolute Gasteiger partial charge is 0.128 e. The van der Waals surface area contributed by atoms with Crippen molar-refractivity contribution in [3.05, 3.63) is 64.8 Å². The highest BCUT2D eigenvalue weighted by Gasteiger charge is 2.15. The molecule has 0 radical (unpaired) electrons. The van der Waals surface area contributed by atoms with Crippen LogP contribution in [0, 0.1) is 6.92 Å². The molecule has 4 nitrogen and oxygen atoms in total. The van der Waals surface area contributed by atoms with Crippen molar-refractivity contribution in [2.24, 2.45) is 5.73 Å². The molecule has 0 saturated heterocycles. The summed E-state index contributed by atoms with van der Waals surface area (Å²) in [4.78, 5) is 0. The van der Waals surface area contributed by atoms with Crippen LogP contribution in [0.3, 0.4) is 0 Å². The summed E-state index contributed by atoms with van der Waals surface area (Å²) in [6, 6.07) is 15.6. The number of hydrogen-bond donors (Lipinski definition) is 1. The number of halogens is 1. The van der Waals surface area contributed by atoms with Crippen LogP contribution in [0.2, 0.25) is 5.02 Å². The van der Waals surface area contributed by atoms with Crippen LogP contribution in [0.1, 0.15) is 11.3 Å². The van der Waals surface area contributed by atoms with Crippen LogP contribution in [-0.2, 0) is 6.54 Å². The van der Waals surface area contributed by atoms with Crippen LogP contribution in [0.25, 0.3) is 16.9 Å². The Hall–Kier alpha value is -2.30. The molecule has 0 aliphatic heterocycles. The Morgan fingerprint density at radius 1 is 1.17 bits per heavy atom. The van der Waals surface area contributed by atoms with Gasteiger partial charge in [-0.15, -0.1) is 0 Å². The van der Waals surface area contributed by atoms with Gasteiger partial charge in [0.1, 0.15) is 5.75 Å². The molecule has 0 fully saturated rings. The number of benzene rings is 2. The maximum Gasteiger partial charge on any atom is 0.128 e. The summed E-state index contributed by atoms with van der Waals surface area (Å²) >= 11 is 6.07. The van der Waals surface area contributed by atoms with Crippen molar-refractivity contribution in [3.63, 3.8) is 0 Å². The monoisotopic (exact) mass is 327 g/mol. The molecule has 2 aromatic carbocycles. The summed E-state index contributed by atoms with van der Waals surface area (Å²) in [6.45, 7) is 2.39. The van der Waals surface area contributed by atoms with Gasteiger partial charge in [0.2, 0.25) is 0 Å². The number of ether oxygens (including phenoxy) is 1. The standard InChI is InChI=1S/C18H18ClN3O/c1-12-9-13(19)7-8-16(12)22-17(10-14(11-20)21-22)15-5-3-4-6-18(15)23-2/h3-10H,11,20H2,1-2H3. The molecule has 0 unspecified atom stereocenters. The van der Waals surface area contributed by atoms with E-state index in [1.807, 2.05) is 60.1 Å². The highest BCUT2D eigenvalue weighted by Crippen LogP contribution is 2.32. The molecule has 3 aromatic rings. The quantitative estimate of drug-likeness (QED) is 0.789. The summed E-state index contributed by atoms with van der Waals surface area (Å²) in [5, 5.41) is 5.34. The number of rotatable bonds is 4. The Labute approximate surface area is 140 Å². The normalized spacial score (nSPS) is 10.8. The van der Waals surface area contributed by atoms with Crippen LogP contribution < -0.4 is 10.5 Å². The summed E-state index contributed by atoms with van der Waals surface area (Å²) in [7, 11) is 1.66. The van der Waals surface area contributed by atoms with E-state index in [0.717, 1.165) is 34.0 Å². The van der Waals surface area contributed by atoms with Gasteiger partial charge in [-0.25, -0.2) is 4.68 Å². The third-order valence-electron chi connectivity index (χ3n) is 3.74. The van der Waals surface area contributed by atoms with Gasteiger partial charge in [-0.3, -0.25) is 0 Å². The van der Waals surface area contributed by atoms with Gasteiger partial charge in [0.05, 0.1) is 24.2 Å². The fourth-order valence-electron chi connectivity index (χ4n) is 2.62. The zero-order chi connectivity index (χ0) is 16.4. The molecule has 3 rings (SSSR count). The van der Waals surface area contributed by atoms with E-state index in [2.05, 4.69) is 5.10 Å². The molecule has 0 saturated carbocycles. The number of aryl methyl sites for hydroxylation is 1. The van der Waals surface area contributed by atoms with Gasteiger partial charge in [-0.05, 0) is 48.9 Å². The first-order valence-corrected chi connectivity index (χ1v) is 7.70. The van der Waals surface area contributed by atoms with Gasteiger partial charge >= 0.3 is 0 Å². The molecule has 1 aromatic heterocycles. The second kappa shape index (κ2) is 6.44. The molecule has 1 heterocycles. The molecule has 5 heteroatoms. The third kappa shape index (κ3) is 2.96. The van der Waals surface area contributed by atoms with Gasteiger partial charge in [0, 0.05) is 17.1 Å². The molecule has 0 atom stereocenters. The minimum atomic E-state index is 0.377. The maximum absolute atomic E-state index is 6.07. The highest BCUT2D eigenvalue weighted by molar-refractivity contribution is 6.30. The second-order valence-corrected chi connectivity index (χ2v) is 5.70. The lowest BCUT2D eigenvalue weighted by atomic mass is 10.1. The first-order chi connectivity index (χ1) is 11.1. The largest absolute Gasteiger partial charge is 0.496 e. The molecule has 0 bridgehead atoms. The SMILES string of the molecule is COc1ccccc1-c1cc(CN)nn1-c1ccc(Cl)cc1C. The van der Waals surface area contributed by atoms with Crippen LogP contribution in [-0.4, -0.2) is 16.9 Å². The van der Waals surface area contributed by atoms with Crippen LogP contribution in [0.15, 0.2) is 48.5 Å². The minimum absolute atomic E-state index is 0.377. The first kappa shape index (κ1) is 15.6. The van der Waals surface area contributed by atoms with E-state index in [0.29, 0.717) is 11.6 Å². The average molecular weight is 328 g/mol. The van der Waals surface area contributed by atoms with Gasteiger partial charge in [0.15, 0.2) is 0 Å². The lowest BCUT2D eigenvalue weighted by molar-refractivity contribution is 0.416. The predicted molar refractivity (Wildman–Crippen MR) is 93.2 cm³/mol. The molecule has 0 amide bonds. The Kier molecular flexibility index (Phi) is 4.37. The molecule has 23 heavy (non-hydrogen) atoms. The van der Waals surface area contributed by atoms with Crippen molar-refractivity contribution < 1.29 is 4.74 Å². The van der Waals surface area contributed by atoms with Crippen molar-refractivity contribution in [2.75, 3.05) is 7.11 Å². The van der Waals surface area contributed by atoms with E-state index in [9.17, 15) is 0 Å².